The molecule has 4 nitrogen and oxygen atoms in total. The van der Waals surface area contributed by atoms with E-state index >= 15 is 0 Å². The Morgan fingerprint density at radius 2 is 2.00 bits per heavy atom. The molecule has 2 heterocycles. The van der Waals surface area contributed by atoms with E-state index in [9.17, 15) is 5.11 Å². The van der Waals surface area contributed by atoms with Gasteiger partial charge in [0, 0.05) is 25.0 Å². The molecule has 0 unspecified atom stereocenters. The highest BCUT2D eigenvalue weighted by Crippen LogP contribution is 2.39. The van der Waals surface area contributed by atoms with E-state index in [0.29, 0.717) is 11.8 Å². The highest BCUT2D eigenvalue weighted by molar-refractivity contribution is 9.10. The van der Waals surface area contributed by atoms with E-state index in [1.807, 2.05) is 24.5 Å². The van der Waals surface area contributed by atoms with E-state index < -0.39 is 0 Å². The molecule has 1 fully saturated rings. The number of phenols is 1. The summed E-state index contributed by atoms with van der Waals surface area (Å²) in [5, 5.41) is 10.2. The van der Waals surface area contributed by atoms with Gasteiger partial charge in [0.15, 0.2) is 11.5 Å². The normalized spacial score (nSPS) is 19.0. The van der Waals surface area contributed by atoms with Crippen molar-refractivity contribution in [3.63, 3.8) is 0 Å². The fourth-order valence-electron chi connectivity index (χ4n) is 3.41. The van der Waals surface area contributed by atoms with Gasteiger partial charge in [0.1, 0.15) is 0 Å². The SMILES string of the molecule is COc1ccc(CN2CCCCC[C@H]2c2ccncc2)c(Br)c1O. The van der Waals surface area contributed by atoms with Gasteiger partial charge < -0.3 is 9.84 Å². The van der Waals surface area contributed by atoms with Crippen molar-refractivity contribution < 1.29 is 9.84 Å². The molecular weight excluding hydrogens is 368 g/mol. The maximum atomic E-state index is 10.2. The van der Waals surface area contributed by atoms with Gasteiger partial charge in [-0.3, -0.25) is 9.88 Å². The number of hydrogen-bond acceptors (Lipinski definition) is 4. The van der Waals surface area contributed by atoms with Crippen molar-refractivity contribution in [3.8, 4) is 11.5 Å². The Balaban J connectivity index is 1.87. The van der Waals surface area contributed by atoms with Crippen molar-refractivity contribution in [2.45, 2.75) is 38.3 Å². The van der Waals surface area contributed by atoms with Gasteiger partial charge >= 0.3 is 0 Å². The molecule has 1 aliphatic heterocycles. The van der Waals surface area contributed by atoms with E-state index in [1.54, 1.807) is 7.11 Å². The number of aromatic nitrogens is 1. The van der Waals surface area contributed by atoms with E-state index in [4.69, 9.17) is 4.74 Å². The topological polar surface area (TPSA) is 45.6 Å². The van der Waals surface area contributed by atoms with Crippen molar-refractivity contribution >= 4 is 15.9 Å². The summed E-state index contributed by atoms with van der Waals surface area (Å²) in [6.07, 6.45) is 8.62. The van der Waals surface area contributed by atoms with Crippen LogP contribution in [0.2, 0.25) is 0 Å². The second kappa shape index (κ2) is 7.99. The van der Waals surface area contributed by atoms with Gasteiger partial charge in [-0.2, -0.15) is 0 Å². The molecule has 1 aromatic heterocycles. The molecule has 0 aliphatic carbocycles. The third-order valence-electron chi connectivity index (χ3n) is 4.71. The monoisotopic (exact) mass is 390 g/mol. The minimum atomic E-state index is 0.172. The number of likely N-dealkylation sites (tertiary alicyclic amines) is 1. The molecule has 128 valence electrons. The van der Waals surface area contributed by atoms with Crippen LogP contribution < -0.4 is 4.74 Å². The van der Waals surface area contributed by atoms with E-state index in [-0.39, 0.29) is 5.75 Å². The van der Waals surface area contributed by atoms with Gasteiger partial charge in [-0.05, 0) is 64.6 Å². The maximum Gasteiger partial charge on any atom is 0.172 e. The van der Waals surface area contributed by atoms with Crippen LogP contribution in [0.3, 0.4) is 0 Å². The van der Waals surface area contributed by atoms with Crippen LogP contribution in [0.15, 0.2) is 41.1 Å². The van der Waals surface area contributed by atoms with Crippen molar-refractivity contribution in [2.75, 3.05) is 13.7 Å². The summed E-state index contributed by atoms with van der Waals surface area (Å²) in [5.74, 6) is 0.664. The second-order valence-electron chi connectivity index (χ2n) is 6.21. The zero-order valence-electron chi connectivity index (χ0n) is 13.9. The van der Waals surface area contributed by atoms with Crippen LogP contribution in [0.25, 0.3) is 0 Å². The number of nitrogens with zero attached hydrogens (tertiary/aromatic N) is 2. The van der Waals surface area contributed by atoms with Crippen LogP contribution in [-0.2, 0) is 6.54 Å². The summed E-state index contributed by atoms with van der Waals surface area (Å²) in [4.78, 5) is 6.65. The van der Waals surface area contributed by atoms with E-state index in [0.717, 1.165) is 29.5 Å². The highest BCUT2D eigenvalue weighted by Gasteiger charge is 2.24. The van der Waals surface area contributed by atoms with Crippen molar-refractivity contribution in [1.29, 1.82) is 0 Å². The van der Waals surface area contributed by atoms with Gasteiger partial charge in [0.2, 0.25) is 0 Å². The van der Waals surface area contributed by atoms with Gasteiger partial charge in [0.05, 0.1) is 11.6 Å². The lowest BCUT2D eigenvalue weighted by Gasteiger charge is -2.30. The van der Waals surface area contributed by atoms with Crippen LogP contribution in [0, 0.1) is 0 Å². The smallest absolute Gasteiger partial charge is 0.172 e. The molecule has 1 atom stereocenters. The Morgan fingerprint density at radius 3 is 2.75 bits per heavy atom. The Hall–Kier alpha value is -1.59. The molecule has 24 heavy (non-hydrogen) atoms. The van der Waals surface area contributed by atoms with Crippen molar-refractivity contribution in [3.05, 3.63) is 52.3 Å². The lowest BCUT2D eigenvalue weighted by atomic mass is 10.0. The third-order valence-corrected chi connectivity index (χ3v) is 5.59. The molecule has 5 heteroatoms. The first kappa shape index (κ1) is 17.2. The zero-order chi connectivity index (χ0) is 16.9. The number of hydrogen-bond donors (Lipinski definition) is 1. The number of methoxy groups -OCH3 is 1. The largest absolute Gasteiger partial charge is 0.503 e. The summed E-state index contributed by atoms with van der Waals surface area (Å²) in [6.45, 7) is 1.86. The van der Waals surface area contributed by atoms with E-state index in [1.165, 1.54) is 24.8 Å². The Labute approximate surface area is 151 Å². The molecular formula is C19H23BrN2O2. The number of ether oxygens (including phenoxy) is 1. The minimum absolute atomic E-state index is 0.172. The van der Waals surface area contributed by atoms with Gasteiger partial charge in [-0.15, -0.1) is 0 Å². The number of aromatic hydroxyl groups is 1. The zero-order valence-corrected chi connectivity index (χ0v) is 15.5. The predicted octanol–water partition coefficient (Wildman–Crippen LogP) is 4.68. The van der Waals surface area contributed by atoms with E-state index in [2.05, 4.69) is 37.9 Å². The molecule has 0 amide bonds. The molecule has 1 N–H and O–H groups in total. The lowest BCUT2D eigenvalue weighted by molar-refractivity contribution is 0.191. The average Bonchev–Trinajstić information content (AvgIpc) is 2.85. The van der Waals surface area contributed by atoms with Crippen molar-refractivity contribution in [1.82, 2.24) is 9.88 Å². The molecule has 3 rings (SSSR count). The summed E-state index contributed by atoms with van der Waals surface area (Å²) in [5.41, 5.74) is 2.40. The number of rotatable bonds is 4. The highest BCUT2D eigenvalue weighted by atomic mass is 79.9. The number of pyridine rings is 1. The molecule has 0 bridgehead atoms. The van der Waals surface area contributed by atoms with Crippen LogP contribution in [0.5, 0.6) is 11.5 Å². The Kier molecular flexibility index (Phi) is 5.74. The van der Waals surface area contributed by atoms with Crippen LogP contribution in [0.4, 0.5) is 0 Å². The maximum absolute atomic E-state index is 10.2. The second-order valence-corrected chi connectivity index (χ2v) is 7.00. The van der Waals surface area contributed by atoms with Crippen LogP contribution in [0.1, 0.15) is 42.9 Å². The average molecular weight is 391 g/mol. The quantitative estimate of drug-likeness (QED) is 0.823. The van der Waals surface area contributed by atoms with Gasteiger partial charge in [0.25, 0.3) is 0 Å². The summed E-state index contributed by atoms with van der Waals surface area (Å²) in [6, 6.07) is 8.48. The molecule has 2 aromatic rings. The molecule has 0 saturated carbocycles. The fourth-order valence-corrected chi connectivity index (χ4v) is 3.87. The van der Waals surface area contributed by atoms with Gasteiger partial charge in [-0.25, -0.2) is 0 Å². The number of phenolic OH excluding ortho intramolecular Hbond substituents is 1. The first-order chi connectivity index (χ1) is 11.7. The molecule has 0 spiro atoms. The first-order valence-electron chi connectivity index (χ1n) is 8.39. The van der Waals surface area contributed by atoms with Crippen LogP contribution in [-0.4, -0.2) is 28.6 Å². The number of halogens is 1. The summed E-state index contributed by atoms with van der Waals surface area (Å²) in [7, 11) is 1.56. The first-order valence-corrected chi connectivity index (χ1v) is 9.18. The molecule has 1 saturated heterocycles. The predicted molar refractivity (Wildman–Crippen MR) is 98.2 cm³/mol. The summed E-state index contributed by atoms with van der Waals surface area (Å²) >= 11 is 3.53. The Bertz CT molecular complexity index is 679. The minimum Gasteiger partial charge on any atom is -0.503 e. The lowest BCUT2D eigenvalue weighted by Crippen LogP contribution is -2.28. The standard InChI is InChI=1S/C19H23BrN2O2/c1-24-17-7-6-15(18(20)19(17)23)13-22-12-4-2-3-5-16(22)14-8-10-21-11-9-14/h6-11,16,23H,2-5,12-13H2,1H3/t16-/m0/s1. The Morgan fingerprint density at radius 1 is 1.21 bits per heavy atom. The van der Waals surface area contributed by atoms with Gasteiger partial charge in [-0.1, -0.05) is 18.9 Å². The van der Waals surface area contributed by atoms with Crippen molar-refractivity contribution in [2.24, 2.45) is 0 Å². The molecule has 0 radical (unpaired) electrons. The summed E-state index contributed by atoms with van der Waals surface area (Å²) < 4.78 is 5.90. The fraction of sp³-hybridized carbons (Fsp3) is 0.421. The molecule has 1 aliphatic rings. The van der Waals surface area contributed by atoms with Crippen LogP contribution >= 0.6 is 15.9 Å². The number of benzene rings is 1. The molecule has 1 aromatic carbocycles. The third kappa shape index (κ3) is 3.73.